The summed E-state index contributed by atoms with van der Waals surface area (Å²) in [7, 11) is 0. The summed E-state index contributed by atoms with van der Waals surface area (Å²) >= 11 is 0. The van der Waals surface area contributed by atoms with E-state index >= 15 is 0 Å². The SMILES string of the molecule is CC.NCc1ccnnc1.[HH]. The van der Waals surface area contributed by atoms with Gasteiger partial charge in [-0.1, -0.05) is 13.8 Å². The number of aromatic nitrogens is 2. The highest BCUT2D eigenvalue weighted by atomic mass is 15.1. The van der Waals surface area contributed by atoms with Gasteiger partial charge in [-0.2, -0.15) is 10.2 Å². The molecular weight excluding hydrogens is 126 g/mol. The van der Waals surface area contributed by atoms with E-state index in [1.165, 1.54) is 0 Å². The third-order valence-electron chi connectivity index (χ3n) is 0.881. The smallest absolute Gasteiger partial charge is 0.0541 e. The monoisotopic (exact) mass is 141 g/mol. The van der Waals surface area contributed by atoms with Gasteiger partial charge in [0.2, 0.25) is 0 Å². The molecule has 0 aromatic carbocycles. The first-order chi connectivity index (χ1) is 4.93. The van der Waals surface area contributed by atoms with Gasteiger partial charge in [-0.05, 0) is 11.6 Å². The fraction of sp³-hybridized carbons (Fsp3) is 0.429. The summed E-state index contributed by atoms with van der Waals surface area (Å²) in [6.45, 7) is 4.54. The van der Waals surface area contributed by atoms with Crippen LogP contribution < -0.4 is 5.73 Å². The van der Waals surface area contributed by atoms with Crippen molar-refractivity contribution in [2.24, 2.45) is 5.73 Å². The van der Waals surface area contributed by atoms with Crippen LogP contribution in [0.1, 0.15) is 20.8 Å². The highest BCUT2D eigenvalue weighted by molar-refractivity contribution is 5.03. The second-order valence-electron chi connectivity index (χ2n) is 1.45. The second-order valence-corrected chi connectivity index (χ2v) is 1.45. The maximum Gasteiger partial charge on any atom is 0.0541 e. The molecule has 0 spiro atoms. The molecule has 10 heavy (non-hydrogen) atoms. The molecule has 0 aliphatic rings. The Kier molecular flexibility index (Phi) is 5.57. The van der Waals surface area contributed by atoms with Gasteiger partial charge in [-0.25, -0.2) is 0 Å². The van der Waals surface area contributed by atoms with Crippen molar-refractivity contribution in [3.8, 4) is 0 Å². The number of hydrogen-bond acceptors (Lipinski definition) is 3. The standard InChI is InChI=1S/C5H7N3.C2H6.H2/c6-3-5-1-2-7-8-4-5;1-2;/h1-2,4H,3,6H2;1-2H3;1H. The number of hydrogen-bond donors (Lipinski definition) is 1. The molecule has 0 unspecified atom stereocenters. The van der Waals surface area contributed by atoms with Crippen molar-refractivity contribution in [3.63, 3.8) is 0 Å². The lowest BCUT2D eigenvalue weighted by molar-refractivity contribution is 0.966. The van der Waals surface area contributed by atoms with Crippen molar-refractivity contribution in [2.75, 3.05) is 0 Å². The topological polar surface area (TPSA) is 51.8 Å². The molecule has 3 nitrogen and oxygen atoms in total. The molecule has 1 aromatic heterocycles. The summed E-state index contributed by atoms with van der Waals surface area (Å²) in [5.74, 6) is 0. The summed E-state index contributed by atoms with van der Waals surface area (Å²) < 4.78 is 0. The van der Waals surface area contributed by atoms with Gasteiger partial charge >= 0.3 is 0 Å². The Balaban J connectivity index is 0. The molecule has 0 saturated heterocycles. The van der Waals surface area contributed by atoms with Crippen LogP contribution >= 0.6 is 0 Å². The lowest BCUT2D eigenvalue weighted by atomic mass is 10.3. The lowest BCUT2D eigenvalue weighted by Gasteiger charge is -1.88. The largest absolute Gasteiger partial charge is 0.326 e. The van der Waals surface area contributed by atoms with Crippen molar-refractivity contribution in [1.29, 1.82) is 0 Å². The van der Waals surface area contributed by atoms with Gasteiger partial charge in [-0.3, -0.25) is 0 Å². The fourth-order valence-electron chi connectivity index (χ4n) is 0.439. The molecule has 58 valence electrons. The van der Waals surface area contributed by atoms with Crippen LogP contribution in [0, 0.1) is 0 Å². The van der Waals surface area contributed by atoms with E-state index in [0.29, 0.717) is 6.54 Å². The van der Waals surface area contributed by atoms with Crippen LogP contribution in [0.3, 0.4) is 0 Å². The average molecular weight is 141 g/mol. The molecule has 0 saturated carbocycles. The van der Waals surface area contributed by atoms with Crippen LogP contribution in [-0.2, 0) is 6.54 Å². The Bertz CT molecular complexity index is 155. The van der Waals surface area contributed by atoms with Gasteiger partial charge < -0.3 is 5.73 Å². The molecule has 2 N–H and O–H groups in total. The quantitative estimate of drug-likeness (QED) is 0.639. The predicted molar refractivity (Wildman–Crippen MR) is 43.4 cm³/mol. The molecule has 3 heteroatoms. The summed E-state index contributed by atoms with van der Waals surface area (Å²) in [6, 6.07) is 1.84. The van der Waals surface area contributed by atoms with Gasteiger partial charge in [0.1, 0.15) is 0 Å². The zero-order valence-corrected chi connectivity index (χ0v) is 6.41. The Morgan fingerprint density at radius 1 is 1.50 bits per heavy atom. The van der Waals surface area contributed by atoms with Gasteiger partial charge in [0.05, 0.1) is 6.20 Å². The van der Waals surface area contributed by atoms with Crippen LogP contribution in [0.4, 0.5) is 0 Å². The zero-order valence-electron chi connectivity index (χ0n) is 6.41. The summed E-state index contributed by atoms with van der Waals surface area (Å²) in [5.41, 5.74) is 6.30. The third kappa shape index (κ3) is 3.14. The minimum Gasteiger partial charge on any atom is -0.326 e. The van der Waals surface area contributed by atoms with Gasteiger partial charge in [-0.15, -0.1) is 0 Å². The van der Waals surface area contributed by atoms with Gasteiger partial charge in [0, 0.05) is 14.2 Å². The maximum atomic E-state index is 5.28. The first kappa shape index (κ1) is 9.04. The molecule has 0 atom stereocenters. The molecule has 1 rings (SSSR count). The van der Waals surface area contributed by atoms with Crippen molar-refractivity contribution in [2.45, 2.75) is 20.4 Å². The Morgan fingerprint density at radius 2 is 2.20 bits per heavy atom. The Morgan fingerprint density at radius 3 is 2.50 bits per heavy atom. The fourth-order valence-corrected chi connectivity index (χ4v) is 0.439. The number of nitrogens with zero attached hydrogens (tertiary/aromatic N) is 2. The van der Waals surface area contributed by atoms with Crippen LogP contribution in [0.5, 0.6) is 0 Å². The van der Waals surface area contributed by atoms with E-state index in [1.807, 2.05) is 19.9 Å². The van der Waals surface area contributed by atoms with Crippen molar-refractivity contribution in [3.05, 3.63) is 24.0 Å². The van der Waals surface area contributed by atoms with Crippen molar-refractivity contribution < 1.29 is 1.43 Å². The van der Waals surface area contributed by atoms with Crippen LogP contribution in [0.2, 0.25) is 0 Å². The maximum absolute atomic E-state index is 5.28. The first-order valence-corrected chi connectivity index (χ1v) is 3.39. The molecule has 0 aliphatic carbocycles. The highest BCUT2D eigenvalue weighted by Gasteiger charge is 1.82. The van der Waals surface area contributed by atoms with Crippen LogP contribution in [-0.4, -0.2) is 10.2 Å². The molecule has 1 aromatic rings. The van der Waals surface area contributed by atoms with E-state index in [1.54, 1.807) is 12.4 Å². The molecule has 0 radical (unpaired) electrons. The molecule has 0 aliphatic heterocycles. The van der Waals surface area contributed by atoms with Gasteiger partial charge in [0.15, 0.2) is 0 Å². The van der Waals surface area contributed by atoms with E-state index in [9.17, 15) is 0 Å². The number of rotatable bonds is 1. The normalized spacial score (nSPS) is 7.90. The van der Waals surface area contributed by atoms with E-state index in [2.05, 4.69) is 10.2 Å². The molecule has 0 bridgehead atoms. The van der Waals surface area contributed by atoms with E-state index in [0.717, 1.165) is 5.56 Å². The lowest BCUT2D eigenvalue weighted by Crippen LogP contribution is -1.96. The summed E-state index contributed by atoms with van der Waals surface area (Å²) in [5, 5.41) is 7.21. The predicted octanol–water partition coefficient (Wildman–Crippen LogP) is 1.21. The minimum absolute atomic E-state index is 0. The van der Waals surface area contributed by atoms with Crippen molar-refractivity contribution >= 4 is 0 Å². The summed E-state index contributed by atoms with van der Waals surface area (Å²) in [4.78, 5) is 0. The Labute approximate surface area is 62.8 Å². The van der Waals surface area contributed by atoms with E-state index < -0.39 is 0 Å². The molecule has 0 fully saturated rings. The van der Waals surface area contributed by atoms with Crippen molar-refractivity contribution in [1.82, 2.24) is 10.2 Å². The number of nitrogens with two attached hydrogens (primary N) is 1. The zero-order chi connectivity index (χ0) is 7.82. The highest BCUT2D eigenvalue weighted by Crippen LogP contribution is 1.88. The average Bonchev–Trinajstić information content (AvgIpc) is 2.10. The molecular formula is C7H15N3. The van der Waals surface area contributed by atoms with Crippen LogP contribution in [0.15, 0.2) is 18.5 Å². The van der Waals surface area contributed by atoms with Gasteiger partial charge in [0.25, 0.3) is 0 Å². The van der Waals surface area contributed by atoms with E-state index in [-0.39, 0.29) is 1.43 Å². The summed E-state index contributed by atoms with van der Waals surface area (Å²) in [6.07, 6.45) is 3.28. The third-order valence-corrected chi connectivity index (χ3v) is 0.881. The first-order valence-electron chi connectivity index (χ1n) is 3.39. The molecule has 0 amide bonds. The van der Waals surface area contributed by atoms with Crippen LogP contribution in [0.25, 0.3) is 0 Å². The second kappa shape index (κ2) is 6.16. The minimum atomic E-state index is 0. The molecule has 1 heterocycles. The van der Waals surface area contributed by atoms with E-state index in [4.69, 9.17) is 5.73 Å². The Hall–Kier alpha value is -0.960.